The van der Waals surface area contributed by atoms with E-state index in [4.69, 9.17) is 14.6 Å². The number of hydrogen-bond donors (Lipinski definition) is 3. The fraction of sp³-hybridized carbons (Fsp3) is 0.481. The zero-order chi connectivity index (χ0) is 22.9. The monoisotopic (exact) mass is 439 g/mol. The summed E-state index contributed by atoms with van der Waals surface area (Å²) in [4.78, 5) is 0. The molecular formula is C27H37NO4. The first-order valence-corrected chi connectivity index (χ1v) is 11.7. The van der Waals surface area contributed by atoms with E-state index >= 15 is 0 Å². The van der Waals surface area contributed by atoms with Crippen molar-refractivity contribution < 1.29 is 19.7 Å². The second kappa shape index (κ2) is 12.0. The van der Waals surface area contributed by atoms with Gasteiger partial charge in [-0.05, 0) is 68.0 Å². The molecule has 0 bridgehead atoms. The van der Waals surface area contributed by atoms with Crippen LogP contribution in [0.3, 0.4) is 0 Å². The molecule has 2 aromatic rings. The molecule has 3 rings (SSSR count). The van der Waals surface area contributed by atoms with Gasteiger partial charge < -0.3 is 25.0 Å². The van der Waals surface area contributed by atoms with Crippen molar-refractivity contribution in [3.8, 4) is 5.75 Å². The number of allylic oxidation sites excluding steroid dienone is 1. The van der Waals surface area contributed by atoms with Crippen molar-refractivity contribution in [3.63, 3.8) is 0 Å². The molecule has 1 saturated heterocycles. The third-order valence-corrected chi connectivity index (χ3v) is 5.94. The predicted octanol–water partition coefficient (Wildman–Crippen LogP) is 5.30. The van der Waals surface area contributed by atoms with Crippen LogP contribution in [0.15, 0.2) is 54.7 Å². The van der Waals surface area contributed by atoms with Gasteiger partial charge in [-0.3, -0.25) is 0 Å². The molecule has 5 heteroatoms. The van der Waals surface area contributed by atoms with Crippen molar-refractivity contribution in [2.75, 3.05) is 11.9 Å². The second-order valence-corrected chi connectivity index (χ2v) is 8.85. The Bertz CT molecular complexity index is 862. The second-order valence-electron chi connectivity index (χ2n) is 8.85. The maximum atomic E-state index is 10.1. The zero-order valence-electron chi connectivity index (χ0n) is 19.5. The van der Waals surface area contributed by atoms with Gasteiger partial charge in [-0.25, -0.2) is 0 Å². The van der Waals surface area contributed by atoms with E-state index in [1.807, 2.05) is 31.3 Å². The Balaban J connectivity index is 1.51. The summed E-state index contributed by atoms with van der Waals surface area (Å²) in [6, 6.07) is 14.8. The number of aliphatic hydroxyl groups excluding tert-OH is 2. The molecule has 0 saturated carbocycles. The molecule has 1 aliphatic rings. The minimum atomic E-state index is -0.512. The van der Waals surface area contributed by atoms with E-state index in [1.54, 1.807) is 0 Å². The van der Waals surface area contributed by atoms with Crippen LogP contribution in [0.25, 0.3) is 0 Å². The van der Waals surface area contributed by atoms with Crippen LogP contribution in [0.1, 0.15) is 62.1 Å². The van der Waals surface area contributed by atoms with Crippen LogP contribution in [0.2, 0.25) is 0 Å². The van der Waals surface area contributed by atoms with Crippen LogP contribution in [-0.2, 0) is 11.2 Å². The Morgan fingerprint density at radius 2 is 1.94 bits per heavy atom. The van der Waals surface area contributed by atoms with Crippen LogP contribution >= 0.6 is 0 Å². The van der Waals surface area contributed by atoms with Crippen LogP contribution in [0.5, 0.6) is 5.75 Å². The number of ether oxygens (including phenoxy) is 2. The van der Waals surface area contributed by atoms with E-state index in [2.05, 4.69) is 49.5 Å². The van der Waals surface area contributed by atoms with Crippen LogP contribution in [0, 0.1) is 6.92 Å². The molecule has 3 N–H and O–H groups in total. The molecule has 32 heavy (non-hydrogen) atoms. The Kier molecular flexibility index (Phi) is 9.15. The SMILES string of the molecule is Cc1c(N/C=C/CCc2ccc(C(C)C)cc2)cccc1OC1CC(O)CC(CCO)O1. The number of aliphatic hydroxyl groups is 2. The molecule has 0 spiro atoms. The van der Waals surface area contributed by atoms with E-state index in [0.717, 1.165) is 29.8 Å². The first-order chi connectivity index (χ1) is 15.5. The third-order valence-electron chi connectivity index (χ3n) is 5.94. The van der Waals surface area contributed by atoms with Gasteiger partial charge in [-0.1, -0.05) is 50.3 Å². The average molecular weight is 440 g/mol. The van der Waals surface area contributed by atoms with Gasteiger partial charge >= 0.3 is 0 Å². The number of hydrogen-bond acceptors (Lipinski definition) is 5. The maximum Gasteiger partial charge on any atom is 0.202 e. The summed E-state index contributed by atoms with van der Waals surface area (Å²) in [5.41, 5.74) is 4.69. The molecule has 3 atom stereocenters. The average Bonchev–Trinajstić information content (AvgIpc) is 2.76. The standard InChI is InChI=1S/C27H37NO4/c1-19(2)22-12-10-21(11-13-22)7-4-5-15-28-25-8-6-9-26(20(25)3)32-27-18-23(30)17-24(31-27)14-16-29/h5-6,8-13,15,19,23-24,27-30H,4,7,14,16-18H2,1-3H3/b15-5+. The fourth-order valence-corrected chi connectivity index (χ4v) is 3.94. The van der Waals surface area contributed by atoms with E-state index < -0.39 is 12.4 Å². The lowest BCUT2D eigenvalue weighted by atomic mass is 10.0. The lowest BCUT2D eigenvalue weighted by molar-refractivity contribution is -0.178. The molecule has 0 radical (unpaired) electrons. The Hall–Kier alpha value is -2.34. The topological polar surface area (TPSA) is 71.0 Å². The summed E-state index contributed by atoms with van der Waals surface area (Å²) in [6.45, 7) is 6.47. The van der Waals surface area contributed by atoms with Gasteiger partial charge in [-0.2, -0.15) is 0 Å². The highest BCUT2D eigenvalue weighted by Crippen LogP contribution is 2.30. The summed E-state index contributed by atoms with van der Waals surface area (Å²) >= 11 is 0. The summed E-state index contributed by atoms with van der Waals surface area (Å²) in [5.74, 6) is 1.29. The van der Waals surface area contributed by atoms with Gasteiger partial charge in [0, 0.05) is 24.3 Å². The first kappa shape index (κ1) is 24.3. The van der Waals surface area contributed by atoms with Crippen molar-refractivity contribution in [2.45, 2.75) is 77.3 Å². The molecular weight excluding hydrogens is 402 g/mol. The quantitative estimate of drug-likeness (QED) is 0.468. The maximum absolute atomic E-state index is 10.1. The lowest BCUT2D eigenvalue weighted by Crippen LogP contribution is -2.39. The van der Waals surface area contributed by atoms with E-state index in [-0.39, 0.29) is 12.7 Å². The van der Waals surface area contributed by atoms with Gasteiger partial charge in [0.1, 0.15) is 5.75 Å². The molecule has 1 heterocycles. The zero-order valence-corrected chi connectivity index (χ0v) is 19.5. The lowest BCUT2D eigenvalue weighted by Gasteiger charge is -2.33. The van der Waals surface area contributed by atoms with E-state index in [9.17, 15) is 5.11 Å². The molecule has 2 aromatic carbocycles. The van der Waals surface area contributed by atoms with Gasteiger partial charge in [0.2, 0.25) is 6.29 Å². The third kappa shape index (κ3) is 7.09. The van der Waals surface area contributed by atoms with Gasteiger partial charge in [-0.15, -0.1) is 0 Å². The number of aryl methyl sites for hydroxylation is 1. The Labute approximate surface area is 192 Å². The normalized spacial score (nSPS) is 21.2. The van der Waals surface area contributed by atoms with E-state index in [1.165, 1.54) is 11.1 Å². The smallest absolute Gasteiger partial charge is 0.202 e. The van der Waals surface area contributed by atoms with Crippen LogP contribution in [-0.4, -0.2) is 35.3 Å². The van der Waals surface area contributed by atoms with Crippen molar-refractivity contribution in [3.05, 3.63) is 71.4 Å². The highest BCUT2D eigenvalue weighted by atomic mass is 16.7. The van der Waals surface area contributed by atoms with Crippen molar-refractivity contribution in [1.29, 1.82) is 0 Å². The van der Waals surface area contributed by atoms with Crippen LogP contribution in [0.4, 0.5) is 5.69 Å². The van der Waals surface area contributed by atoms with Crippen molar-refractivity contribution in [1.82, 2.24) is 0 Å². The number of anilines is 1. The minimum absolute atomic E-state index is 0.0398. The number of benzene rings is 2. The summed E-state index contributed by atoms with van der Waals surface area (Å²) in [6.07, 6.45) is 6.39. The van der Waals surface area contributed by atoms with Gasteiger partial charge in [0.05, 0.1) is 12.2 Å². The van der Waals surface area contributed by atoms with Gasteiger partial charge in [0.15, 0.2) is 0 Å². The molecule has 1 fully saturated rings. The highest BCUT2D eigenvalue weighted by Gasteiger charge is 2.29. The molecule has 5 nitrogen and oxygen atoms in total. The van der Waals surface area contributed by atoms with Crippen LogP contribution < -0.4 is 10.1 Å². The number of rotatable bonds is 10. The minimum Gasteiger partial charge on any atom is -0.464 e. The molecule has 1 aliphatic heterocycles. The molecule has 0 amide bonds. The predicted molar refractivity (Wildman–Crippen MR) is 129 cm³/mol. The summed E-state index contributed by atoms with van der Waals surface area (Å²) in [7, 11) is 0. The molecule has 174 valence electrons. The van der Waals surface area contributed by atoms with Crippen molar-refractivity contribution in [2.24, 2.45) is 0 Å². The summed E-state index contributed by atoms with van der Waals surface area (Å²) < 4.78 is 12.0. The molecule has 0 aliphatic carbocycles. The van der Waals surface area contributed by atoms with Gasteiger partial charge in [0.25, 0.3) is 0 Å². The number of nitrogens with one attached hydrogen (secondary N) is 1. The molecule has 0 aromatic heterocycles. The molecule has 3 unspecified atom stereocenters. The highest BCUT2D eigenvalue weighted by molar-refractivity contribution is 5.58. The Morgan fingerprint density at radius 1 is 1.16 bits per heavy atom. The Morgan fingerprint density at radius 3 is 2.66 bits per heavy atom. The largest absolute Gasteiger partial charge is 0.464 e. The summed E-state index contributed by atoms with van der Waals surface area (Å²) in [5, 5.41) is 22.6. The fourth-order valence-electron chi connectivity index (χ4n) is 3.94. The van der Waals surface area contributed by atoms with Crippen molar-refractivity contribution >= 4 is 5.69 Å². The van der Waals surface area contributed by atoms with E-state index in [0.29, 0.717) is 25.2 Å². The first-order valence-electron chi connectivity index (χ1n) is 11.7.